The van der Waals surface area contributed by atoms with E-state index in [0.717, 1.165) is 44.1 Å². The standard InChI is InChI=1S/C26H27ClN2/c1-6-16(2)18(4)25(28)23-15-20(13-12-17(23)3)22-10-8-14-29-26(22)21-9-7-11-24(27)19(21)5/h6-16,18,28H,1H2,2-5H3. The minimum absolute atomic E-state index is 0.102. The van der Waals surface area contributed by atoms with Gasteiger partial charge >= 0.3 is 0 Å². The van der Waals surface area contributed by atoms with Gasteiger partial charge in [0.1, 0.15) is 0 Å². The van der Waals surface area contributed by atoms with Gasteiger partial charge in [-0.25, -0.2) is 0 Å². The summed E-state index contributed by atoms with van der Waals surface area (Å²) in [4.78, 5) is 4.68. The molecule has 0 amide bonds. The number of halogens is 1. The summed E-state index contributed by atoms with van der Waals surface area (Å²) in [5.74, 6) is 0.346. The van der Waals surface area contributed by atoms with Crippen molar-refractivity contribution in [3.63, 3.8) is 0 Å². The fourth-order valence-electron chi connectivity index (χ4n) is 3.51. The number of aromatic nitrogens is 1. The quantitative estimate of drug-likeness (QED) is 0.336. The molecule has 1 aromatic heterocycles. The van der Waals surface area contributed by atoms with E-state index in [4.69, 9.17) is 17.0 Å². The molecule has 0 aliphatic rings. The van der Waals surface area contributed by atoms with Gasteiger partial charge in [-0.15, -0.1) is 6.58 Å². The van der Waals surface area contributed by atoms with Crippen LogP contribution in [0.1, 0.15) is 30.5 Å². The second-order valence-electron chi connectivity index (χ2n) is 7.64. The summed E-state index contributed by atoms with van der Waals surface area (Å²) in [6, 6.07) is 16.2. The Balaban J connectivity index is 2.13. The molecular weight excluding hydrogens is 376 g/mol. The molecule has 3 heteroatoms. The van der Waals surface area contributed by atoms with E-state index in [0.29, 0.717) is 5.71 Å². The maximum atomic E-state index is 8.77. The first kappa shape index (κ1) is 21.0. The third-order valence-electron chi connectivity index (χ3n) is 5.79. The fraction of sp³-hybridized carbons (Fsp3) is 0.231. The Morgan fingerprint density at radius 1 is 1.07 bits per heavy atom. The zero-order valence-corrected chi connectivity index (χ0v) is 18.2. The molecule has 3 rings (SSSR count). The third-order valence-corrected chi connectivity index (χ3v) is 6.19. The summed E-state index contributed by atoms with van der Waals surface area (Å²) < 4.78 is 0. The van der Waals surface area contributed by atoms with Crippen molar-refractivity contribution in [2.24, 2.45) is 11.8 Å². The van der Waals surface area contributed by atoms with E-state index in [1.54, 1.807) is 0 Å². The number of hydrogen-bond donors (Lipinski definition) is 1. The number of benzene rings is 2. The van der Waals surface area contributed by atoms with Crippen LogP contribution < -0.4 is 0 Å². The lowest BCUT2D eigenvalue weighted by atomic mass is 9.85. The maximum Gasteiger partial charge on any atom is 0.0783 e. The van der Waals surface area contributed by atoms with Crippen molar-refractivity contribution in [2.45, 2.75) is 27.7 Å². The number of rotatable bonds is 6. The minimum Gasteiger partial charge on any atom is -0.304 e. The van der Waals surface area contributed by atoms with E-state index in [9.17, 15) is 0 Å². The van der Waals surface area contributed by atoms with Crippen LogP contribution >= 0.6 is 11.6 Å². The van der Waals surface area contributed by atoms with E-state index < -0.39 is 0 Å². The molecule has 2 unspecified atom stereocenters. The summed E-state index contributed by atoms with van der Waals surface area (Å²) in [5.41, 5.74) is 7.75. The molecule has 2 nitrogen and oxygen atoms in total. The predicted molar refractivity (Wildman–Crippen MR) is 125 cm³/mol. The highest BCUT2D eigenvalue weighted by Gasteiger charge is 2.19. The largest absolute Gasteiger partial charge is 0.304 e. The molecule has 1 N–H and O–H groups in total. The van der Waals surface area contributed by atoms with Crippen molar-refractivity contribution in [3.05, 3.63) is 89.1 Å². The highest BCUT2D eigenvalue weighted by atomic mass is 35.5. The highest BCUT2D eigenvalue weighted by molar-refractivity contribution is 6.31. The first-order valence-electron chi connectivity index (χ1n) is 9.88. The lowest BCUT2D eigenvalue weighted by Gasteiger charge is -2.20. The normalized spacial score (nSPS) is 13.0. The molecule has 2 aromatic carbocycles. The van der Waals surface area contributed by atoms with Crippen LogP contribution in [0.5, 0.6) is 0 Å². The molecule has 29 heavy (non-hydrogen) atoms. The number of pyridine rings is 1. The SMILES string of the molecule is C=CC(C)C(C)C(=N)c1cc(-c2cccnc2-c2cccc(Cl)c2C)ccc1C. The van der Waals surface area contributed by atoms with Gasteiger partial charge in [0.15, 0.2) is 0 Å². The molecule has 0 aliphatic carbocycles. The molecular formula is C26H27ClN2. The van der Waals surface area contributed by atoms with Gasteiger partial charge in [-0.05, 0) is 60.2 Å². The molecule has 0 saturated carbocycles. The zero-order valence-electron chi connectivity index (χ0n) is 17.5. The number of nitrogens with one attached hydrogen (secondary N) is 1. The van der Waals surface area contributed by atoms with E-state index in [2.05, 4.69) is 62.7 Å². The van der Waals surface area contributed by atoms with Crippen molar-refractivity contribution >= 4 is 17.3 Å². The summed E-state index contributed by atoms with van der Waals surface area (Å²) in [5, 5.41) is 9.50. The molecule has 1 heterocycles. The Morgan fingerprint density at radius 2 is 1.79 bits per heavy atom. The molecule has 2 atom stereocenters. The van der Waals surface area contributed by atoms with Crippen LogP contribution in [0.15, 0.2) is 67.4 Å². The number of allylic oxidation sites excluding steroid dienone is 1. The molecule has 0 spiro atoms. The molecule has 148 valence electrons. The van der Waals surface area contributed by atoms with E-state index in [1.807, 2.05) is 37.4 Å². The van der Waals surface area contributed by atoms with Gasteiger partial charge in [0, 0.05) is 34.0 Å². The smallest absolute Gasteiger partial charge is 0.0783 e. The second-order valence-corrected chi connectivity index (χ2v) is 8.05. The van der Waals surface area contributed by atoms with E-state index in [1.165, 1.54) is 0 Å². The van der Waals surface area contributed by atoms with Crippen LogP contribution in [-0.4, -0.2) is 10.7 Å². The van der Waals surface area contributed by atoms with Gasteiger partial charge in [-0.2, -0.15) is 0 Å². The molecule has 3 aromatic rings. The monoisotopic (exact) mass is 402 g/mol. The van der Waals surface area contributed by atoms with Crippen LogP contribution in [0.25, 0.3) is 22.4 Å². The zero-order chi connectivity index (χ0) is 21.1. The van der Waals surface area contributed by atoms with Gasteiger partial charge in [-0.3, -0.25) is 4.98 Å². The van der Waals surface area contributed by atoms with Crippen LogP contribution in [0, 0.1) is 31.1 Å². The number of aryl methyl sites for hydroxylation is 1. The predicted octanol–water partition coefficient (Wildman–Crippen LogP) is 7.51. The molecule has 0 bridgehead atoms. The van der Waals surface area contributed by atoms with Crippen molar-refractivity contribution in [1.29, 1.82) is 5.41 Å². The van der Waals surface area contributed by atoms with Gasteiger partial charge in [0.25, 0.3) is 0 Å². The van der Waals surface area contributed by atoms with Crippen LogP contribution in [0.4, 0.5) is 0 Å². The number of nitrogens with zero attached hydrogens (tertiary/aromatic N) is 1. The lowest BCUT2D eigenvalue weighted by Crippen LogP contribution is -2.18. The summed E-state index contributed by atoms with van der Waals surface area (Å²) in [7, 11) is 0. The average Bonchev–Trinajstić information content (AvgIpc) is 2.74. The van der Waals surface area contributed by atoms with Crippen molar-refractivity contribution < 1.29 is 0 Å². The van der Waals surface area contributed by atoms with Crippen LogP contribution in [0.2, 0.25) is 5.02 Å². The van der Waals surface area contributed by atoms with Crippen molar-refractivity contribution in [2.75, 3.05) is 0 Å². The third kappa shape index (κ3) is 4.18. The summed E-state index contributed by atoms with van der Waals surface area (Å²) in [6.45, 7) is 12.2. The van der Waals surface area contributed by atoms with Crippen molar-refractivity contribution in [1.82, 2.24) is 4.98 Å². The van der Waals surface area contributed by atoms with Gasteiger partial charge in [0.2, 0.25) is 0 Å². The first-order valence-corrected chi connectivity index (χ1v) is 10.3. The van der Waals surface area contributed by atoms with E-state index >= 15 is 0 Å². The Morgan fingerprint density at radius 3 is 2.52 bits per heavy atom. The molecule has 0 radical (unpaired) electrons. The fourth-order valence-corrected chi connectivity index (χ4v) is 3.68. The molecule has 0 saturated heterocycles. The maximum absolute atomic E-state index is 8.77. The minimum atomic E-state index is 0.102. The molecule has 0 fully saturated rings. The Bertz CT molecular complexity index is 1070. The van der Waals surface area contributed by atoms with Gasteiger partial charge in [0.05, 0.1) is 5.69 Å². The van der Waals surface area contributed by atoms with Crippen LogP contribution in [0.3, 0.4) is 0 Å². The van der Waals surface area contributed by atoms with Crippen LogP contribution in [-0.2, 0) is 0 Å². The Labute approximate surface area is 178 Å². The first-order chi connectivity index (χ1) is 13.8. The lowest BCUT2D eigenvalue weighted by molar-refractivity contribution is 0.589. The van der Waals surface area contributed by atoms with Gasteiger partial charge in [-0.1, -0.05) is 61.9 Å². The topological polar surface area (TPSA) is 36.7 Å². The molecule has 0 aliphatic heterocycles. The van der Waals surface area contributed by atoms with E-state index in [-0.39, 0.29) is 11.8 Å². The summed E-state index contributed by atoms with van der Waals surface area (Å²) >= 11 is 6.36. The Hall–Kier alpha value is -2.71. The summed E-state index contributed by atoms with van der Waals surface area (Å²) in [6.07, 6.45) is 3.73. The average molecular weight is 403 g/mol. The van der Waals surface area contributed by atoms with Crippen molar-refractivity contribution in [3.8, 4) is 22.4 Å². The second kappa shape index (κ2) is 8.75. The number of hydrogen-bond acceptors (Lipinski definition) is 2. The highest BCUT2D eigenvalue weighted by Crippen LogP contribution is 2.35. The van der Waals surface area contributed by atoms with Gasteiger partial charge < -0.3 is 5.41 Å². The Kier molecular flexibility index (Phi) is 6.34.